The molecule has 0 fully saturated rings. The van der Waals surface area contributed by atoms with Crippen molar-refractivity contribution < 1.29 is 4.42 Å². The van der Waals surface area contributed by atoms with E-state index >= 15 is 0 Å². The maximum Gasteiger partial charge on any atom is 0.181 e. The fourth-order valence-electron chi connectivity index (χ4n) is 1.37. The topological polar surface area (TPSA) is 51.8 Å². The molecule has 0 spiro atoms. The standard InChI is InChI=1S/C10H11N3O.C3H8.C2H6/c1-6-4-7(2)12-13-9(6)10-8(3)11-5-14-10;1-3-2;1-2/h4-5H,1-3H3;3H2,1-2H3;1-2H3. The Hall–Kier alpha value is -1.71. The van der Waals surface area contributed by atoms with Crippen LogP contribution in [0.4, 0.5) is 0 Å². The summed E-state index contributed by atoms with van der Waals surface area (Å²) in [5.41, 5.74) is 3.57. The fourth-order valence-corrected chi connectivity index (χ4v) is 1.37. The quantitative estimate of drug-likeness (QED) is 0.760. The zero-order valence-corrected chi connectivity index (χ0v) is 13.1. The van der Waals surface area contributed by atoms with Crippen LogP contribution in [0.5, 0.6) is 0 Å². The number of aryl methyl sites for hydroxylation is 3. The molecule has 0 saturated heterocycles. The van der Waals surface area contributed by atoms with Crippen LogP contribution >= 0.6 is 0 Å². The minimum atomic E-state index is 0.704. The summed E-state index contributed by atoms with van der Waals surface area (Å²) in [5, 5.41) is 8.10. The number of aromatic nitrogens is 3. The molecule has 0 saturated carbocycles. The molecule has 2 aromatic rings. The maximum absolute atomic E-state index is 5.26. The molecule has 0 amide bonds. The average molecular weight is 263 g/mol. The minimum absolute atomic E-state index is 0.704. The molecular formula is C15H25N3O. The highest BCUT2D eigenvalue weighted by Gasteiger charge is 2.11. The van der Waals surface area contributed by atoms with Gasteiger partial charge in [0.2, 0.25) is 0 Å². The third-order valence-electron chi connectivity index (χ3n) is 2.07. The smallest absolute Gasteiger partial charge is 0.181 e. The van der Waals surface area contributed by atoms with E-state index in [0.29, 0.717) is 5.76 Å². The molecule has 4 heteroatoms. The Morgan fingerprint density at radius 3 is 2.05 bits per heavy atom. The first-order chi connectivity index (χ1) is 9.10. The van der Waals surface area contributed by atoms with E-state index in [2.05, 4.69) is 29.0 Å². The van der Waals surface area contributed by atoms with E-state index in [-0.39, 0.29) is 0 Å². The monoisotopic (exact) mass is 263 g/mol. The normalized spacial score (nSPS) is 9.00. The first-order valence-electron chi connectivity index (χ1n) is 6.81. The molecule has 0 unspecified atom stereocenters. The summed E-state index contributed by atoms with van der Waals surface area (Å²) in [6, 6.07) is 1.98. The first kappa shape index (κ1) is 17.3. The van der Waals surface area contributed by atoms with Crippen molar-refractivity contribution in [3.05, 3.63) is 29.4 Å². The van der Waals surface area contributed by atoms with E-state index in [1.165, 1.54) is 12.8 Å². The van der Waals surface area contributed by atoms with E-state index in [0.717, 1.165) is 22.6 Å². The lowest BCUT2D eigenvalue weighted by molar-refractivity contribution is 0.567. The Morgan fingerprint density at radius 2 is 1.63 bits per heavy atom. The lowest BCUT2D eigenvalue weighted by atomic mass is 10.1. The van der Waals surface area contributed by atoms with Gasteiger partial charge in [-0.3, -0.25) is 0 Å². The summed E-state index contributed by atoms with van der Waals surface area (Å²) in [5.74, 6) is 0.704. The van der Waals surface area contributed by atoms with E-state index in [1.807, 2.05) is 40.7 Å². The van der Waals surface area contributed by atoms with E-state index in [4.69, 9.17) is 4.42 Å². The lowest BCUT2D eigenvalue weighted by Gasteiger charge is -2.01. The lowest BCUT2D eigenvalue weighted by Crippen LogP contribution is -1.94. The van der Waals surface area contributed by atoms with Gasteiger partial charge in [-0.25, -0.2) is 4.98 Å². The van der Waals surface area contributed by atoms with Crippen LogP contribution < -0.4 is 0 Å². The molecule has 2 rings (SSSR count). The van der Waals surface area contributed by atoms with Crippen LogP contribution in [0, 0.1) is 20.8 Å². The molecule has 0 aliphatic heterocycles. The molecule has 0 bridgehead atoms. The van der Waals surface area contributed by atoms with Gasteiger partial charge < -0.3 is 4.42 Å². The molecule has 4 nitrogen and oxygen atoms in total. The van der Waals surface area contributed by atoms with Gasteiger partial charge in [0.15, 0.2) is 12.2 Å². The van der Waals surface area contributed by atoms with Gasteiger partial charge in [-0.1, -0.05) is 34.1 Å². The Labute approximate surface area is 116 Å². The van der Waals surface area contributed by atoms with Gasteiger partial charge in [-0.2, -0.15) is 5.10 Å². The summed E-state index contributed by atoms with van der Waals surface area (Å²) in [4.78, 5) is 4.02. The molecule has 19 heavy (non-hydrogen) atoms. The van der Waals surface area contributed by atoms with E-state index in [1.54, 1.807) is 0 Å². The van der Waals surface area contributed by atoms with Gasteiger partial charge in [-0.15, -0.1) is 5.10 Å². The van der Waals surface area contributed by atoms with Crippen LogP contribution in [0.2, 0.25) is 0 Å². The van der Waals surface area contributed by atoms with Gasteiger partial charge in [0.25, 0.3) is 0 Å². The summed E-state index contributed by atoms with van der Waals surface area (Å²) in [6.07, 6.45) is 2.67. The zero-order chi connectivity index (χ0) is 14.8. The number of rotatable bonds is 1. The van der Waals surface area contributed by atoms with Gasteiger partial charge in [0.05, 0.1) is 11.4 Å². The Kier molecular flexibility index (Phi) is 8.42. The van der Waals surface area contributed by atoms with Crippen molar-refractivity contribution in [2.75, 3.05) is 0 Å². The van der Waals surface area contributed by atoms with E-state index < -0.39 is 0 Å². The van der Waals surface area contributed by atoms with Crippen LogP contribution in [-0.2, 0) is 0 Å². The van der Waals surface area contributed by atoms with Crippen molar-refractivity contribution in [2.45, 2.75) is 54.9 Å². The molecule has 0 aliphatic carbocycles. The second kappa shape index (κ2) is 9.25. The highest BCUT2D eigenvalue weighted by molar-refractivity contribution is 5.58. The van der Waals surface area contributed by atoms with E-state index in [9.17, 15) is 0 Å². The Morgan fingerprint density at radius 1 is 1.05 bits per heavy atom. The number of hydrogen-bond acceptors (Lipinski definition) is 4. The molecular weight excluding hydrogens is 238 g/mol. The largest absolute Gasteiger partial charge is 0.441 e. The molecule has 2 aromatic heterocycles. The molecule has 0 aromatic carbocycles. The summed E-state index contributed by atoms with van der Waals surface area (Å²) in [6.45, 7) is 14.0. The van der Waals surface area contributed by atoms with Crippen LogP contribution in [-0.4, -0.2) is 15.2 Å². The average Bonchev–Trinajstić information content (AvgIpc) is 2.79. The SMILES string of the molecule is CC.CCC.Cc1cc(C)c(-c2ocnc2C)nn1. The van der Waals surface area contributed by atoms with Crippen molar-refractivity contribution in [2.24, 2.45) is 0 Å². The third kappa shape index (κ3) is 5.20. The highest BCUT2D eigenvalue weighted by Crippen LogP contribution is 2.22. The second-order valence-electron chi connectivity index (χ2n) is 3.99. The fraction of sp³-hybridized carbons (Fsp3) is 0.533. The Balaban J connectivity index is 0.000000573. The first-order valence-corrected chi connectivity index (χ1v) is 6.81. The van der Waals surface area contributed by atoms with Gasteiger partial charge in [0.1, 0.15) is 5.69 Å². The number of nitrogens with zero attached hydrogens (tertiary/aromatic N) is 3. The summed E-state index contributed by atoms with van der Waals surface area (Å²) >= 11 is 0. The van der Waals surface area contributed by atoms with Crippen molar-refractivity contribution in [3.8, 4) is 11.5 Å². The predicted octanol–water partition coefficient (Wildman–Crippen LogP) is 4.50. The van der Waals surface area contributed by atoms with Crippen molar-refractivity contribution in [1.29, 1.82) is 0 Å². The molecule has 0 radical (unpaired) electrons. The predicted molar refractivity (Wildman–Crippen MR) is 79.1 cm³/mol. The minimum Gasteiger partial charge on any atom is -0.441 e. The van der Waals surface area contributed by atoms with Crippen LogP contribution in [0.3, 0.4) is 0 Å². The summed E-state index contributed by atoms with van der Waals surface area (Å²) in [7, 11) is 0. The van der Waals surface area contributed by atoms with Crippen LogP contribution in [0.1, 0.15) is 51.1 Å². The second-order valence-corrected chi connectivity index (χ2v) is 3.99. The molecule has 106 valence electrons. The Bertz CT molecular complexity index is 478. The number of oxazole rings is 1. The van der Waals surface area contributed by atoms with Gasteiger partial charge >= 0.3 is 0 Å². The van der Waals surface area contributed by atoms with Crippen LogP contribution in [0.25, 0.3) is 11.5 Å². The zero-order valence-electron chi connectivity index (χ0n) is 13.1. The van der Waals surface area contributed by atoms with Gasteiger partial charge in [0, 0.05) is 0 Å². The molecule has 0 atom stereocenters. The van der Waals surface area contributed by atoms with Crippen molar-refractivity contribution >= 4 is 0 Å². The maximum atomic E-state index is 5.26. The highest BCUT2D eigenvalue weighted by atomic mass is 16.3. The van der Waals surface area contributed by atoms with Crippen molar-refractivity contribution in [1.82, 2.24) is 15.2 Å². The van der Waals surface area contributed by atoms with Crippen molar-refractivity contribution in [3.63, 3.8) is 0 Å². The number of hydrogen-bond donors (Lipinski definition) is 0. The molecule has 0 N–H and O–H groups in total. The third-order valence-corrected chi connectivity index (χ3v) is 2.07. The molecule has 2 heterocycles. The van der Waals surface area contributed by atoms with Gasteiger partial charge in [-0.05, 0) is 32.4 Å². The van der Waals surface area contributed by atoms with Crippen LogP contribution in [0.15, 0.2) is 16.9 Å². The summed E-state index contributed by atoms with van der Waals surface area (Å²) < 4.78 is 5.26. The molecule has 0 aliphatic rings.